The molecule has 1 rings (SSSR count). The monoisotopic (exact) mass is 313 g/mol. The summed E-state index contributed by atoms with van der Waals surface area (Å²) in [7, 11) is -3.91. The Kier molecular flexibility index (Phi) is 5.60. The van der Waals surface area contributed by atoms with Gasteiger partial charge in [0.2, 0.25) is 10.0 Å². The quantitative estimate of drug-likeness (QED) is 0.718. The van der Waals surface area contributed by atoms with Gasteiger partial charge in [-0.1, -0.05) is 13.8 Å². The van der Waals surface area contributed by atoms with E-state index in [0.29, 0.717) is 12.2 Å². The van der Waals surface area contributed by atoms with E-state index in [-0.39, 0.29) is 10.9 Å². The van der Waals surface area contributed by atoms with Crippen LogP contribution >= 0.6 is 0 Å². The summed E-state index contributed by atoms with van der Waals surface area (Å²) in [6.45, 7) is 3.67. The zero-order chi connectivity index (χ0) is 15.4. The van der Waals surface area contributed by atoms with Crippen molar-refractivity contribution in [3.05, 3.63) is 18.0 Å². The lowest BCUT2D eigenvalue weighted by Crippen LogP contribution is -2.27. The van der Waals surface area contributed by atoms with Gasteiger partial charge in [-0.3, -0.25) is 0 Å². The molecule has 0 saturated carbocycles. The molecule has 0 aromatic carbocycles. The molecule has 1 aromatic rings. The van der Waals surface area contributed by atoms with Crippen molar-refractivity contribution in [2.45, 2.75) is 43.9 Å². The summed E-state index contributed by atoms with van der Waals surface area (Å²) in [5, 5.41) is 3.09. The lowest BCUT2D eigenvalue weighted by molar-refractivity contribution is -0.132. The van der Waals surface area contributed by atoms with Crippen molar-refractivity contribution in [3.8, 4) is 0 Å². The van der Waals surface area contributed by atoms with Crippen molar-refractivity contribution >= 4 is 10.0 Å². The van der Waals surface area contributed by atoms with E-state index in [4.69, 9.17) is 0 Å². The van der Waals surface area contributed by atoms with Crippen LogP contribution in [0.15, 0.2) is 17.2 Å². The molecule has 0 aliphatic heterocycles. The summed E-state index contributed by atoms with van der Waals surface area (Å²) in [5.41, 5.74) is 0.648. The summed E-state index contributed by atoms with van der Waals surface area (Å²) < 4.78 is 61.3. The van der Waals surface area contributed by atoms with E-state index >= 15 is 0 Å². The number of hydrogen-bond acceptors (Lipinski definition) is 3. The summed E-state index contributed by atoms with van der Waals surface area (Å²) >= 11 is 0. The van der Waals surface area contributed by atoms with Crippen LogP contribution in [-0.4, -0.2) is 32.2 Å². The molecule has 0 amide bonds. The second-order valence-electron chi connectivity index (χ2n) is 4.66. The molecule has 5 nitrogen and oxygen atoms in total. The Morgan fingerprint density at radius 1 is 1.35 bits per heavy atom. The van der Waals surface area contributed by atoms with Gasteiger partial charge in [0.15, 0.2) is 0 Å². The Morgan fingerprint density at radius 3 is 2.55 bits per heavy atom. The van der Waals surface area contributed by atoms with Gasteiger partial charge in [-0.25, -0.2) is 13.1 Å². The molecule has 0 spiro atoms. The summed E-state index contributed by atoms with van der Waals surface area (Å²) in [6.07, 6.45) is -4.32. The Morgan fingerprint density at radius 2 is 2.00 bits per heavy atom. The van der Waals surface area contributed by atoms with Crippen LogP contribution in [-0.2, 0) is 16.6 Å². The molecule has 9 heteroatoms. The normalized spacial score (nSPS) is 13.1. The van der Waals surface area contributed by atoms with Crippen LogP contribution in [0.2, 0.25) is 0 Å². The van der Waals surface area contributed by atoms with Crippen molar-refractivity contribution in [2.24, 2.45) is 0 Å². The van der Waals surface area contributed by atoms with Crippen LogP contribution in [0, 0.1) is 0 Å². The van der Waals surface area contributed by atoms with Crippen LogP contribution in [0.25, 0.3) is 0 Å². The van der Waals surface area contributed by atoms with Crippen molar-refractivity contribution in [3.63, 3.8) is 0 Å². The van der Waals surface area contributed by atoms with Gasteiger partial charge in [-0.15, -0.1) is 0 Å². The fraction of sp³-hybridized carbons (Fsp3) is 0.636. The number of aromatic amines is 1. The molecule has 0 unspecified atom stereocenters. The number of aromatic nitrogens is 1. The van der Waals surface area contributed by atoms with Crippen LogP contribution in [0.1, 0.15) is 26.0 Å². The van der Waals surface area contributed by atoms with Gasteiger partial charge in [-0.2, -0.15) is 13.2 Å². The van der Waals surface area contributed by atoms with Crippen LogP contribution in [0.5, 0.6) is 0 Å². The maximum atomic E-state index is 12.0. The van der Waals surface area contributed by atoms with Gasteiger partial charge in [0.05, 0.1) is 11.3 Å². The lowest BCUT2D eigenvalue weighted by atomic mass is 10.3. The third-order valence-electron chi connectivity index (χ3n) is 2.43. The van der Waals surface area contributed by atoms with Crippen molar-refractivity contribution < 1.29 is 21.6 Å². The average Bonchev–Trinajstić information content (AvgIpc) is 2.73. The average molecular weight is 313 g/mol. The van der Waals surface area contributed by atoms with Crippen molar-refractivity contribution in [1.82, 2.24) is 15.0 Å². The molecule has 20 heavy (non-hydrogen) atoms. The lowest BCUT2D eigenvalue weighted by Gasteiger charge is -2.07. The van der Waals surface area contributed by atoms with Gasteiger partial charge in [0, 0.05) is 31.0 Å². The number of alkyl halides is 3. The molecule has 1 aromatic heterocycles. The van der Waals surface area contributed by atoms with E-state index in [2.05, 4.69) is 10.3 Å². The maximum absolute atomic E-state index is 12.0. The number of hydrogen-bond donors (Lipinski definition) is 3. The maximum Gasteiger partial charge on any atom is 0.390 e. The first kappa shape index (κ1) is 17.0. The molecule has 1 heterocycles. The molecule has 116 valence electrons. The summed E-state index contributed by atoms with van der Waals surface area (Å²) in [4.78, 5) is 2.70. The Labute approximate surface area is 116 Å². The summed E-state index contributed by atoms with van der Waals surface area (Å²) in [5.74, 6) is 0. The highest BCUT2D eigenvalue weighted by molar-refractivity contribution is 7.89. The van der Waals surface area contributed by atoms with Gasteiger partial charge in [-0.05, 0) is 6.07 Å². The zero-order valence-corrected chi connectivity index (χ0v) is 12.0. The minimum absolute atomic E-state index is 0.0692. The highest BCUT2D eigenvalue weighted by Gasteiger charge is 2.27. The molecule has 0 radical (unpaired) electrons. The first-order chi connectivity index (χ1) is 9.10. The Bertz CT molecular complexity index is 523. The molecule has 0 bridgehead atoms. The predicted molar refractivity (Wildman–Crippen MR) is 68.6 cm³/mol. The number of halogens is 3. The van der Waals surface area contributed by atoms with Gasteiger partial charge < -0.3 is 10.3 Å². The fourth-order valence-corrected chi connectivity index (χ4v) is 2.45. The zero-order valence-electron chi connectivity index (χ0n) is 11.2. The van der Waals surface area contributed by atoms with Crippen LogP contribution in [0.4, 0.5) is 13.2 Å². The number of nitrogens with one attached hydrogen (secondary N) is 3. The highest BCUT2D eigenvalue weighted by Crippen LogP contribution is 2.19. The van der Waals surface area contributed by atoms with E-state index in [1.165, 1.54) is 12.3 Å². The molecule has 0 fully saturated rings. The number of sulfonamides is 1. The molecular weight excluding hydrogens is 295 g/mol. The Hall–Kier alpha value is -1.06. The smallest absolute Gasteiger partial charge is 0.363 e. The van der Waals surface area contributed by atoms with Gasteiger partial charge >= 0.3 is 6.18 Å². The number of H-pyrrole nitrogens is 1. The number of rotatable bonds is 7. The van der Waals surface area contributed by atoms with E-state index < -0.39 is 29.2 Å². The van der Waals surface area contributed by atoms with Crippen LogP contribution < -0.4 is 10.0 Å². The third kappa shape index (κ3) is 5.93. The first-order valence-corrected chi connectivity index (χ1v) is 7.55. The van der Waals surface area contributed by atoms with E-state index in [1.54, 1.807) is 0 Å². The minimum Gasteiger partial charge on any atom is -0.363 e. The second-order valence-corrected chi connectivity index (χ2v) is 6.43. The fourth-order valence-electron chi connectivity index (χ4n) is 1.40. The van der Waals surface area contributed by atoms with Crippen molar-refractivity contribution in [1.29, 1.82) is 0 Å². The van der Waals surface area contributed by atoms with Crippen molar-refractivity contribution in [2.75, 3.05) is 6.54 Å². The SMILES string of the molecule is CC(C)NCc1cc(S(=O)(=O)NCCC(F)(F)F)c[nH]1. The van der Waals surface area contributed by atoms with Crippen LogP contribution in [0.3, 0.4) is 0 Å². The molecule has 0 aliphatic carbocycles. The molecule has 0 atom stereocenters. The minimum atomic E-state index is -4.38. The molecular formula is C11H18F3N3O2S. The first-order valence-electron chi connectivity index (χ1n) is 6.07. The standard InChI is InChI=1S/C11H18F3N3O2S/c1-8(2)15-6-9-5-10(7-16-9)20(18,19)17-4-3-11(12,13)14/h5,7-8,15-17H,3-4,6H2,1-2H3. The Balaban J connectivity index is 2.59. The predicted octanol–water partition coefficient (Wildman–Crippen LogP) is 1.74. The summed E-state index contributed by atoms with van der Waals surface area (Å²) in [6, 6.07) is 1.63. The highest BCUT2D eigenvalue weighted by atomic mass is 32.2. The topological polar surface area (TPSA) is 74.0 Å². The van der Waals surface area contributed by atoms with E-state index in [0.717, 1.165) is 0 Å². The van der Waals surface area contributed by atoms with Gasteiger partial charge in [0.1, 0.15) is 0 Å². The van der Waals surface area contributed by atoms with E-state index in [1.807, 2.05) is 18.6 Å². The largest absolute Gasteiger partial charge is 0.390 e. The second kappa shape index (κ2) is 6.59. The van der Waals surface area contributed by atoms with E-state index in [9.17, 15) is 21.6 Å². The van der Waals surface area contributed by atoms with Gasteiger partial charge in [0.25, 0.3) is 0 Å². The molecule has 3 N–H and O–H groups in total. The third-order valence-corrected chi connectivity index (χ3v) is 3.87. The molecule has 0 saturated heterocycles. The molecule has 0 aliphatic rings.